The van der Waals surface area contributed by atoms with Crippen LogP contribution in [0.25, 0.3) is 0 Å². The Hall–Kier alpha value is -0.860. The Balaban J connectivity index is 3.11. The molecule has 0 aliphatic heterocycles. The maximum absolute atomic E-state index is 11.3. The zero-order valence-electron chi connectivity index (χ0n) is 7.51. The van der Waals surface area contributed by atoms with Crippen molar-refractivity contribution in [2.24, 2.45) is 5.73 Å². The molecule has 0 spiro atoms. The predicted octanol–water partition coefficient (Wildman–Crippen LogP) is 1.88. The van der Waals surface area contributed by atoms with Crippen molar-refractivity contribution in [1.29, 1.82) is 0 Å². The Labute approximate surface area is 82.7 Å². The molecule has 0 unspecified atom stereocenters. The maximum Gasteiger partial charge on any atom is 0.177 e. The van der Waals surface area contributed by atoms with Crippen LogP contribution in [-0.4, -0.2) is 11.7 Å². The molecular formula is C10H12ClNO. The van der Waals surface area contributed by atoms with E-state index in [0.717, 1.165) is 11.1 Å². The van der Waals surface area contributed by atoms with E-state index in [9.17, 15) is 4.79 Å². The van der Waals surface area contributed by atoms with Crippen molar-refractivity contribution in [1.82, 2.24) is 0 Å². The average Bonchev–Trinajstić information content (AvgIpc) is 2.17. The molecule has 2 N–H and O–H groups in total. The Bertz CT molecular complexity index is 323. The molecule has 0 aliphatic rings. The van der Waals surface area contributed by atoms with Crippen LogP contribution in [-0.2, 0) is 6.54 Å². The highest BCUT2D eigenvalue weighted by molar-refractivity contribution is 6.30. The number of alkyl halides is 1. The molecule has 0 atom stereocenters. The minimum Gasteiger partial charge on any atom is -0.326 e. The first-order valence-electron chi connectivity index (χ1n) is 4.07. The number of aryl methyl sites for hydroxylation is 1. The van der Waals surface area contributed by atoms with Crippen molar-refractivity contribution in [2.75, 3.05) is 5.88 Å². The number of ketones is 1. The van der Waals surface area contributed by atoms with Crippen molar-refractivity contribution < 1.29 is 4.79 Å². The van der Waals surface area contributed by atoms with Gasteiger partial charge in [0.1, 0.15) is 0 Å². The van der Waals surface area contributed by atoms with Gasteiger partial charge in [-0.15, -0.1) is 11.6 Å². The van der Waals surface area contributed by atoms with Crippen LogP contribution in [0.2, 0.25) is 0 Å². The second-order valence-corrected chi connectivity index (χ2v) is 3.18. The number of benzene rings is 1. The molecule has 0 aromatic heterocycles. The Morgan fingerprint density at radius 2 is 2.23 bits per heavy atom. The lowest BCUT2D eigenvalue weighted by molar-refractivity contribution is 0.102. The monoisotopic (exact) mass is 197 g/mol. The van der Waals surface area contributed by atoms with Gasteiger partial charge in [0.25, 0.3) is 0 Å². The fourth-order valence-electron chi connectivity index (χ4n) is 1.17. The Morgan fingerprint density at radius 1 is 1.54 bits per heavy atom. The number of hydrogen-bond acceptors (Lipinski definition) is 2. The smallest absolute Gasteiger partial charge is 0.177 e. The molecule has 0 saturated carbocycles. The van der Waals surface area contributed by atoms with Crippen LogP contribution in [0.4, 0.5) is 0 Å². The second-order valence-electron chi connectivity index (χ2n) is 2.91. The lowest BCUT2D eigenvalue weighted by Gasteiger charge is -2.04. The summed E-state index contributed by atoms with van der Waals surface area (Å²) in [5, 5.41) is 0. The van der Waals surface area contributed by atoms with E-state index in [1.54, 1.807) is 6.07 Å². The third kappa shape index (κ3) is 2.29. The SMILES string of the molecule is Cc1ccc(CN)cc1C(=O)CCl. The van der Waals surface area contributed by atoms with Crippen LogP contribution in [0.15, 0.2) is 18.2 Å². The van der Waals surface area contributed by atoms with Gasteiger partial charge in [0, 0.05) is 12.1 Å². The van der Waals surface area contributed by atoms with Gasteiger partial charge in [-0.2, -0.15) is 0 Å². The lowest BCUT2D eigenvalue weighted by atomic mass is 10.0. The number of rotatable bonds is 3. The van der Waals surface area contributed by atoms with E-state index in [0.29, 0.717) is 12.1 Å². The summed E-state index contributed by atoms with van der Waals surface area (Å²) in [6.07, 6.45) is 0. The second kappa shape index (κ2) is 4.40. The number of nitrogens with two attached hydrogens (primary N) is 1. The molecule has 1 rings (SSSR count). The van der Waals surface area contributed by atoms with E-state index in [1.165, 1.54) is 0 Å². The Kier molecular flexibility index (Phi) is 3.46. The first-order valence-corrected chi connectivity index (χ1v) is 4.61. The fraction of sp³-hybridized carbons (Fsp3) is 0.300. The van der Waals surface area contributed by atoms with Gasteiger partial charge in [0.2, 0.25) is 0 Å². The van der Waals surface area contributed by atoms with E-state index in [-0.39, 0.29) is 11.7 Å². The molecule has 2 nitrogen and oxygen atoms in total. The molecule has 0 heterocycles. The van der Waals surface area contributed by atoms with Crippen LogP contribution in [0.1, 0.15) is 21.5 Å². The zero-order chi connectivity index (χ0) is 9.84. The van der Waals surface area contributed by atoms with Gasteiger partial charge < -0.3 is 5.73 Å². The van der Waals surface area contributed by atoms with Gasteiger partial charge in [-0.05, 0) is 24.1 Å². The molecule has 0 radical (unpaired) electrons. The summed E-state index contributed by atoms with van der Waals surface area (Å²) < 4.78 is 0. The number of carbonyl (C=O) groups is 1. The van der Waals surface area contributed by atoms with E-state index in [2.05, 4.69) is 0 Å². The van der Waals surface area contributed by atoms with Crippen LogP contribution >= 0.6 is 11.6 Å². The highest BCUT2D eigenvalue weighted by Crippen LogP contribution is 2.12. The number of halogens is 1. The van der Waals surface area contributed by atoms with Gasteiger partial charge in [-0.1, -0.05) is 12.1 Å². The molecule has 0 aliphatic carbocycles. The predicted molar refractivity (Wildman–Crippen MR) is 54.1 cm³/mol. The van der Waals surface area contributed by atoms with Crippen molar-refractivity contribution >= 4 is 17.4 Å². The first-order chi connectivity index (χ1) is 6.19. The van der Waals surface area contributed by atoms with Crippen LogP contribution in [0, 0.1) is 6.92 Å². The van der Waals surface area contributed by atoms with Gasteiger partial charge >= 0.3 is 0 Å². The quantitative estimate of drug-likeness (QED) is 0.594. The number of hydrogen-bond donors (Lipinski definition) is 1. The van der Waals surface area contributed by atoms with Crippen molar-refractivity contribution in [3.63, 3.8) is 0 Å². The molecule has 13 heavy (non-hydrogen) atoms. The summed E-state index contributed by atoms with van der Waals surface area (Å²) in [6, 6.07) is 5.61. The summed E-state index contributed by atoms with van der Waals surface area (Å²) in [7, 11) is 0. The molecule has 0 amide bonds. The normalized spacial score (nSPS) is 10.1. The van der Waals surface area contributed by atoms with E-state index in [4.69, 9.17) is 17.3 Å². The summed E-state index contributed by atoms with van der Waals surface area (Å²) in [5.41, 5.74) is 8.05. The van der Waals surface area contributed by atoms with Gasteiger partial charge in [-0.25, -0.2) is 0 Å². The van der Waals surface area contributed by atoms with Crippen LogP contribution in [0.5, 0.6) is 0 Å². The third-order valence-electron chi connectivity index (χ3n) is 1.96. The molecule has 0 fully saturated rings. The van der Waals surface area contributed by atoms with Crippen LogP contribution < -0.4 is 5.73 Å². The molecule has 1 aromatic rings. The average molecular weight is 198 g/mol. The fourth-order valence-corrected chi connectivity index (χ4v) is 1.31. The summed E-state index contributed by atoms with van der Waals surface area (Å²) in [4.78, 5) is 11.3. The number of carbonyl (C=O) groups excluding carboxylic acids is 1. The third-order valence-corrected chi connectivity index (χ3v) is 2.20. The van der Waals surface area contributed by atoms with Gasteiger partial charge in [-0.3, -0.25) is 4.79 Å². The molecule has 70 valence electrons. The number of Topliss-reactive ketones (excluding diaryl/α,β-unsaturated/α-hetero) is 1. The Morgan fingerprint density at radius 3 is 2.77 bits per heavy atom. The minimum absolute atomic E-state index is 0.0227. The van der Waals surface area contributed by atoms with E-state index < -0.39 is 0 Å². The lowest BCUT2D eigenvalue weighted by Crippen LogP contribution is -2.05. The first kappa shape index (κ1) is 10.2. The summed E-state index contributed by atoms with van der Waals surface area (Å²) >= 11 is 5.47. The molecule has 0 saturated heterocycles. The molecule has 0 bridgehead atoms. The van der Waals surface area contributed by atoms with E-state index in [1.807, 2.05) is 19.1 Å². The highest BCUT2D eigenvalue weighted by atomic mass is 35.5. The highest BCUT2D eigenvalue weighted by Gasteiger charge is 2.07. The maximum atomic E-state index is 11.3. The van der Waals surface area contributed by atoms with Crippen molar-refractivity contribution in [3.8, 4) is 0 Å². The molecule has 3 heteroatoms. The van der Waals surface area contributed by atoms with Gasteiger partial charge in [0.15, 0.2) is 5.78 Å². The standard InChI is InChI=1S/C10H12ClNO/c1-7-2-3-8(6-12)4-9(7)10(13)5-11/h2-4H,5-6,12H2,1H3. The molecular weight excluding hydrogens is 186 g/mol. The largest absolute Gasteiger partial charge is 0.326 e. The van der Waals surface area contributed by atoms with Crippen LogP contribution in [0.3, 0.4) is 0 Å². The van der Waals surface area contributed by atoms with Gasteiger partial charge in [0.05, 0.1) is 5.88 Å². The molecule has 1 aromatic carbocycles. The van der Waals surface area contributed by atoms with Crippen molar-refractivity contribution in [2.45, 2.75) is 13.5 Å². The summed E-state index contributed by atoms with van der Waals surface area (Å²) in [5.74, 6) is -0.0241. The zero-order valence-corrected chi connectivity index (χ0v) is 8.27. The van der Waals surface area contributed by atoms with Crippen molar-refractivity contribution in [3.05, 3.63) is 34.9 Å². The topological polar surface area (TPSA) is 43.1 Å². The minimum atomic E-state index is -0.0468. The summed E-state index contributed by atoms with van der Waals surface area (Å²) in [6.45, 7) is 2.34. The van der Waals surface area contributed by atoms with E-state index >= 15 is 0 Å².